The van der Waals surface area contributed by atoms with Gasteiger partial charge in [0.1, 0.15) is 23.3 Å². The third-order valence-corrected chi connectivity index (χ3v) is 9.96. The van der Waals surface area contributed by atoms with Crippen molar-refractivity contribution in [3.63, 3.8) is 0 Å². The van der Waals surface area contributed by atoms with E-state index in [9.17, 15) is 24.0 Å². The van der Waals surface area contributed by atoms with Crippen LogP contribution in [-0.2, 0) is 43.1 Å². The number of carboxylic acid groups (broad SMARTS) is 1. The summed E-state index contributed by atoms with van der Waals surface area (Å²) in [7, 11) is 0. The van der Waals surface area contributed by atoms with Crippen LogP contribution in [0.4, 0.5) is 9.59 Å². The average Bonchev–Trinajstić information content (AvgIpc) is 4.07. The normalized spacial score (nSPS) is 16.0. The Hall–Kier alpha value is -5.64. The van der Waals surface area contributed by atoms with E-state index in [1.165, 1.54) is 32.1 Å². The molecular weight excluding hydrogens is 805 g/mol. The summed E-state index contributed by atoms with van der Waals surface area (Å²) in [5.74, 6) is -1.08. The molecular formula is C47H70N8O8. The summed E-state index contributed by atoms with van der Waals surface area (Å²) in [4.78, 5) is 74.8. The lowest BCUT2D eigenvalue weighted by Gasteiger charge is -2.26. The number of ether oxygens (including phenoxy) is 2. The molecule has 3 aromatic heterocycles. The second kappa shape index (κ2) is 26.7. The van der Waals surface area contributed by atoms with Gasteiger partial charge in [0.15, 0.2) is 0 Å². The summed E-state index contributed by atoms with van der Waals surface area (Å²) >= 11 is 0. The van der Waals surface area contributed by atoms with Crippen LogP contribution in [0.3, 0.4) is 0 Å². The zero-order chi connectivity index (χ0) is 46.3. The van der Waals surface area contributed by atoms with Crippen molar-refractivity contribution in [3.05, 3.63) is 90.3 Å². The van der Waals surface area contributed by atoms with Crippen LogP contribution in [0, 0.1) is 0 Å². The maximum atomic E-state index is 12.7. The van der Waals surface area contributed by atoms with Gasteiger partial charge in [-0.25, -0.2) is 14.4 Å². The fourth-order valence-corrected chi connectivity index (χ4v) is 6.88. The Morgan fingerprint density at radius 2 is 0.873 bits per heavy atom. The van der Waals surface area contributed by atoms with E-state index in [0.717, 1.165) is 68.6 Å². The van der Waals surface area contributed by atoms with Crippen molar-refractivity contribution in [2.24, 2.45) is 5.73 Å². The predicted molar refractivity (Wildman–Crippen MR) is 240 cm³/mol. The smallest absolute Gasteiger partial charge is 0.408 e. The molecule has 1 aliphatic carbocycles. The van der Waals surface area contributed by atoms with Crippen LogP contribution in [0.5, 0.6) is 0 Å². The monoisotopic (exact) mass is 875 g/mol. The molecule has 2 saturated heterocycles. The number of alkyl carbamates (subject to hydrolysis) is 2. The molecule has 0 radical (unpaired) electrons. The van der Waals surface area contributed by atoms with Gasteiger partial charge in [0, 0.05) is 76.2 Å². The zero-order valence-electron chi connectivity index (χ0n) is 38.1. The van der Waals surface area contributed by atoms with Gasteiger partial charge in [0.25, 0.3) is 0 Å². The van der Waals surface area contributed by atoms with Gasteiger partial charge in [0.05, 0.1) is 6.04 Å². The minimum absolute atomic E-state index is 0.0508. The third kappa shape index (κ3) is 21.8. The molecule has 16 nitrogen and oxygen atoms in total. The number of rotatable bonds is 11. The Morgan fingerprint density at radius 1 is 0.556 bits per heavy atom. The topological polar surface area (TPSA) is 219 Å². The Balaban J connectivity index is 0.000000240. The molecule has 16 heteroatoms. The van der Waals surface area contributed by atoms with Gasteiger partial charge in [0.2, 0.25) is 11.8 Å². The summed E-state index contributed by atoms with van der Waals surface area (Å²) in [5.41, 5.74) is 7.45. The maximum Gasteiger partial charge on any atom is 0.408 e. The SMILES string of the molecule is C1CCCC1.CC(C)(C)OC(=O)N[C@H](Cc1ccncc1)C(=O)N1CCCC1.CC(C)(C)OC(=O)N[C@H](Cc1ccncc1)C(=O)O.N[C@H](Cc1ccncc1)C(=O)N1CCCC1. The Morgan fingerprint density at radius 3 is 1.22 bits per heavy atom. The van der Waals surface area contributed by atoms with Gasteiger partial charge >= 0.3 is 18.2 Å². The number of hydrogen-bond acceptors (Lipinski definition) is 11. The van der Waals surface area contributed by atoms with Gasteiger partial charge in [-0.05, 0) is 127 Å². The molecule has 5 heterocycles. The fraction of sp³-hybridized carbons (Fsp3) is 0.574. The van der Waals surface area contributed by atoms with Crippen molar-refractivity contribution >= 4 is 30.0 Å². The molecule has 0 unspecified atom stereocenters. The molecule has 3 aliphatic rings. The first-order valence-corrected chi connectivity index (χ1v) is 22.1. The average molecular weight is 875 g/mol. The van der Waals surface area contributed by atoms with Gasteiger partial charge < -0.3 is 40.7 Å². The highest BCUT2D eigenvalue weighted by molar-refractivity contribution is 5.86. The molecule has 0 bridgehead atoms. The zero-order valence-corrected chi connectivity index (χ0v) is 38.1. The first-order chi connectivity index (χ1) is 29.9. The predicted octanol–water partition coefficient (Wildman–Crippen LogP) is 6.27. The molecule has 5 N–H and O–H groups in total. The number of pyridine rings is 3. The number of carboxylic acids is 1. The number of aliphatic carboxylic acids is 1. The first-order valence-electron chi connectivity index (χ1n) is 22.1. The standard InChI is InChI=1S/C17H25N3O3.C13H18N2O4.C12H17N3O.C5H10/c1-17(2,3)23-16(22)19-14(12-13-6-8-18-9-7-13)15(21)20-10-4-5-11-20;1-13(2,3)19-12(18)15-10(11(16)17)8-9-4-6-14-7-5-9;13-11(9-10-3-5-14-6-4-10)12(16)15-7-1-2-8-15;1-2-4-5-3-1/h6-9,14H,4-5,10-12H2,1-3H3,(H,19,22);4-7,10H,8H2,1-3H3,(H,15,18)(H,16,17);3-6,11H,1-2,7-9,13H2;1-5H2/t14-;10-;11-;/m111./s1. The number of hydrogen-bond donors (Lipinski definition) is 4. The number of carbonyl (C=O) groups excluding carboxylic acids is 4. The second-order valence-electron chi connectivity index (χ2n) is 17.9. The lowest BCUT2D eigenvalue weighted by molar-refractivity contribution is -0.139. The van der Waals surface area contributed by atoms with E-state index in [2.05, 4.69) is 25.6 Å². The van der Waals surface area contributed by atoms with Crippen molar-refractivity contribution in [2.75, 3.05) is 26.2 Å². The van der Waals surface area contributed by atoms with Crippen molar-refractivity contribution in [1.29, 1.82) is 0 Å². The summed E-state index contributed by atoms with van der Waals surface area (Å²) in [5, 5.41) is 14.2. The number of nitrogens with two attached hydrogens (primary N) is 1. The van der Waals surface area contributed by atoms with E-state index >= 15 is 0 Å². The van der Waals surface area contributed by atoms with Gasteiger partial charge in [-0.3, -0.25) is 24.5 Å². The molecule has 3 aromatic rings. The van der Waals surface area contributed by atoms with Crippen molar-refractivity contribution in [2.45, 2.75) is 148 Å². The van der Waals surface area contributed by atoms with Crippen LogP contribution in [0.25, 0.3) is 0 Å². The van der Waals surface area contributed by atoms with Crippen molar-refractivity contribution in [1.82, 2.24) is 35.4 Å². The van der Waals surface area contributed by atoms with Gasteiger partial charge in [-0.1, -0.05) is 32.1 Å². The number of nitrogens with zero attached hydrogens (tertiary/aromatic N) is 5. The van der Waals surface area contributed by atoms with Crippen LogP contribution in [0.1, 0.15) is 116 Å². The molecule has 3 atom stereocenters. The van der Waals surface area contributed by atoms with Crippen LogP contribution < -0.4 is 16.4 Å². The van der Waals surface area contributed by atoms with Crippen LogP contribution in [0.15, 0.2) is 73.6 Å². The molecule has 0 spiro atoms. The molecule has 346 valence electrons. The number of amides is 4. The number of carbonyl (C=O) groups is 5. The van der Waals surface area contributed by atoms with E-state index in [4.69, 9.17) is 20.3 Å². The quantitative estimate of drug-likeness (QED) is 0.168. The number of nitrogens with one attached hydrogen (secondary N) is 2. The summed E-state index contributed by atoms with van der Waals surface area (Å²) in [6.07, 6.45) is 21.6. The summed E-state index contributed by atoms with van der Waals surface area (Å²) in [6, 6.07) is 8.83. The van der Waals surface area contributed by atoms with Crippen molar-refractivity contribution in [3.8, 4) is 0 Å². The molecule has 2 aliphatic heterocycles. The lowest BCUT2D eigenvalue weighted by Crippen LogP contribution is -2.50. The Labute approximate surface area is 373 Å². The third-order valence-electron chi connectivity index (χ3n) is 9.96. The molecule has 0 aromatic carbocycles. The molecule has 1 saturated carbocycles. The summed E-state index contributed by atoms with van der Waals surface area (Å²) < 4.78 is 10.3. The van der Waals surface area contributed by atoms with Crippen molar-refractivity contribution < 1.29 is 38.6 Å². The minimum atomic E-state index is -1.11. The highest BCUT2D eigenvalue weighted by atomic mass is 16.6. The van der Waals surface area contributed by atoms with E-state index in [0.29, 0.717) is 12.8 Å². The van der Waals surface area contributed by atoms with Gasteiger partial charge in [-0.2, -0.15) is 0 Å². The number of likely N-dealkylation sites (tertiary alicyclic amines) is 2. The fourth-order valence-electron chi connectivity index (χ4n) is 6.88. The second-order valence-corrected chi connectivity index (χ2v) is 17.9. The molecule has 3 fully saturated rings. The van der Waals surface area contributed by atoms with Crippen LogP contribution in [0.2, 0.25) is 0 Å². The first kappa shape index (κ1) is 51.7. The Kier molecular flexibility index (Phi) is 22.0. The molecule has 6 rings (SSSR count). The minimum Gasteiger partial charge on any atom is -0.480 e. The molecule has 4 amide bonds. The maximum absolute atomic E-state index is 12.7. The van der Waals surface area contributed by atoms with E-state index in [1.54, 1.807) is 90.9 Å². The highest BCUT2D eigenvalue weighted by Crippen LogP contribution is 2.16. The summed E-state index contributed by atoms with van der Waals surface area (Å²) in [6.45, 7) is 13.8. The largest absolute Gasteiger partial charge is 0.480 e. The lowest BCUT2D eigenvalue weighted by atomic mass is 10.1. The highest BCUT2D eigenvalue weighted by Gasteiger charge is 2.30. The van der Waals surface area contributed by atoms with E-state index in [-0.39, 0.29) is 18.2 Å². The van der Waals surface area contributed by atoms with E-state index < -0.39 is 47.5 Å². The Bertz CT molecular complexity index is 1800. The van der Waals surface area contributed by atoms with E-state index in [1.807, 2.05) is 34.1 Å². The van der Waals surface area contributed by atoms with Gasteiger partial charge in [-0.15, -0.1) is 0 Å². The number of aromatic nitrogens is 3. The molecule has 63 heavy (non-hydrogen) atoms. The van der Waals surface area contributed by atoms with Crippen LogP contribution in [-0.4, -0.2) is 115 Å². The van der Waals surface area contributed by atoms with Crippen LogP contribution >= 0.6 is 0 Å².